The first-order valence-corrected chi connectivity index (χ1v) is 9.10. The number of carboxylic acids is 1. The number of phenolic OH excluding ortho intramolecular Hbond substituents is 1. The number of amides is 1. The molecule has 8 nitrogen and oxygen atoms in total. The Morgan fingerprint density at radius 2 is 1.96 bits per heavy atom. The van der Waals surface area contributed by atoms with Gasteiger partial charge in [-0.2, -0.15) is 0 Å². The van der Waals surface area contributed by atoms with E-state index in [0.29, 0.717) is 23.7 Å². The number of carbonyl (C=O) groups is 2. The van der Waals surface area contributed by atoms with Gasteiger partial charge in [0, 0.05) is 25.4 Å². The number of aromatic carboxylic acids is 1. The van der Waals surface area contributed by atoms with E-state index < -0.39 is 12.1 Å². The van der Waals surface area contributed by atoms with E-state index in [0.717, 1.165) is 0 Å². The van der Waals surface area contributed by atoms with Gasteiger partial charge in [0.2, 0.25) is 5.91 Å². The van der Waals surface area contributed by atoms with Crippen molar-refractivity contribution in [1.82, 2.24) is 4.57 Å². The number of rotatable bonds is 7. The maximum Gasteiger partial charge on any atom is 0.339 e. The Bertz CT molecular complexity index is 907. The van der Waals surface area contributed by atoms with Crippen LogP contribution in [0.2, 0.25) is 0 Å². The highest BCUT2D eigenvalue weighted by Gasteiger charge is 2.26. The number of carboxylic acid groups (broad SMARTS) is 1. The minimum absolute atomic E-state index is 0.0451. The summed E-state index contributed by atoms with van der Waals surface area (Å²) < 4.78 is 1.69. The van der Waals surface area contributed by atoms with Crippen molar-refractivity contribution in [2.75, 3.05) is 10.4 Å². The van der Waals surface area contributed by atoms with Crippen molar-refractivity contribution in [2.45, 2.75) is 32.4 Å². The topological polar surface area (TPSA) is 104 Å². The number of nitrogens with zero attached hydrogens (tertiary/aromatic N) is 2. The summed E-state index contributed by atoms with van der Waals surface area (Å²) in [6, 6.07) is 6.42. The first-order valence-electron chi connectivity index (χ1n) is 8.72. The first-order chi connectivity index (χ1) is 13.4. The number of hydrogen-bond donors (Lipinski definition) is 3. The van der Waals surface area contributed by atoms with Crippen LogP contribution in [0.5, 0.6) is 5.75 Å². The maximum absolute atomic E-state index is 12.3. The fourth-order valence-electron chi connectivity index (χ4n) is 2.77. The van der Waals surface area contributed by atoms with Crippen molar-refractivity contribution in [1.29, 1.82) is 0 Å². The zero-order valence-corrected chi connectivity index (χ0v) is 15.9. The second-order valence-electron chi connectivity index (χ2n) is 6.26. The molecule has 28 heavy (non-hydrogen) atoms. The first kappa shape index (κ1) is 19.8. The van der Waals surface area contributed by atoms with Crippen molar-refractivity contribution in [3.63, 3.8) is 0 Å². The molecule has 1 aromatic heterocycles. The predicted molar refractivity (Wildman–Crippen MR) is 104 cm³/mol. The molecule has 0 bridgehead atoms. The van der Waals surface area contributed by atoms with Crippen LogP contribution in [-0.2, 0) is 16.2 Å². The lowest BCUT2D eigenvalue weighted by Crippen LogP contribution is -2.20. The van der Waals surface area contributed by atoms with Gasteiger partial charge in [-0.25, -0.2) is 9.86 Å². The lowest BCUT2D eigenvalue weighted by molar-refractivity contribution is -0.116. The number of hydrogen-bond acceptors (Lipinski definition) is 5. The molecule has 0 spiro atoms. The zero-order chi connectivity index (χ0) is 20.3. The summed E-state index contributed by atoms with van der Waals surface area (Å²) in [5.74, 6) is -1.28. The minimum atomic E-state index is -1.10. The Hall–Kier alpha value is -2.97. The van der Waals surface area contributed by atoms with E-state index in [-0.39, 0.29) is 29.3 Å². The van der Waals surface area contributed by atoms with E-state index in [4.69, 9.17) is 16.4 Å². The predicted octanol–water partition coefficient (Wildman–Crippen LogP) is 3.53. The number of benzene rings is 1. The lowest BCUT2D eigenvalue weighted by atomic mass is 10.2. The molecule has 0 aliphatic carbocycles. The average Bonchev–Trinajstić information content (AvgIpc) is 3.24. The molecule has 2 heterocycles. The van der Waals surface area contributed by atoms with Crippen molar-refractivity contribution < 1.29 is 24.6 Å². The molecule has 1 amide bonds. The Labute approximate surface area is 166 Å². The molecule has 0 saturated heterocycles. The highest BCUT2D eigenvalue weighted by atomic mass is 35.5. The summed E-state index contributed by atoms with van der Waals surface area (Å²) in [4.78, 5) is 29.3. The Balaban J connectivity index is 1.57. The summed E-state index contributed by atoms with van der Waals surface area (Å²) in [5.41, 5.74) is 0.998. The molecule has 9 heteroatoms. The van der Waals surface area contributed by atoms with Gasteiger partial charge < -0.3 is 20.1 Å². The second kappa shape index (κ2) is 8.37. The average molecular weight is 406 g/mol. The smallest absolute Gasteiger partial charge is 0.339 e. The zero-order valence-electron chi connectivity index (χ0n) is 15.1. The second-order valence-corrected chi connectivity index (χ2v) is 6.69. The Morgan fingerprint density at radius 3 is 2.61 bits per heavy atom. The van der Waals surface area contributed by atoms with Gasteiger partial charge in [0.05, 0.1) is 22.6 Å². The molecule has 1 aliphatic heterocycles. The number of halogens is 1. The summed E-state index contributed by atoms with van der Waals surface area (Å²) in [7, 11) is 0. The number of anilines is 2. The van der Waals surface area contributed by atoms with Crippen molar-refractivity contribution in [2.24, 2.45) is 0 Å². The third kappa shape index (κ3) is 4.47. The summed E-state index contributed by atoms with van der Waals surface area (Å²) in [6.07, 6.45) is 4.63. The van der Waals surface area contributed by atoms with Gasteiger partial charge >= 0.3 is 5.97 Å². The number of nitrogens with one attached hydrogen (secondary N) is 1. The van der Waals surface area contributed by atoms with Crippen LogP contribution < -0.4 is 10.4 Å². The van der Waals surface area contributed by atoms with Crippen LogP contribution in [0.4, 0.5) is 11.4 Å². The molecule has 2 aromatic rings. The van der Waals surface area contributed by atoms with E-state index in [9.17, 15) is 19.8 Å². The molecule has 3 rings (SSSR count). The van der Waals surface area contributed by atoms with Gasteiger partial charge in [-0.1, -0.05) is 11.6 Å². The molecule has 1 aliphatic rings. The molecule has 1 aromatic carbocycles. The number of carbonyl (C=O) groups excluding carboxylic acids is 1. The van der Waals surface area contributed by atoms with Crippen molar-refractivity contribution in [3.05, 3.63) is 53.5 Å². The Kier molecular flexibility index (Phi) is 5.91. The van der Waals surface area contributed by atoms with Gasteiger partial charge in [-0.15, -0.1) is 0 Å². The third-order valence-corrected chi connectivity index (χ3v) is 4.62. The minimum Gasteiger partial charge on any atom is -0.508 e. The molecule has 3 N–H and O–H groups in total. The van der Waals surface area contributed by atoms with Gasteiger partial charge in [-0.3, -0.25) is 9.63 Å². The van der Waals surface area contributed by atoms with Crippen LogP contribution >= 0.6 is 11.6 Å². The van der Waals surface area contributed by atoms with Crippen LogP contribution in [0.25, 0.3) is 0 Å². The highest BCUT2D eigenvalue weighted by molar-refractivity contribution is 6.30. The van der Waals surface area contributed by atoms with Gasteiger partial charge in [0.25, 0.3) is 0 Å². The summed E-state index contributed by atoms with van der Waals surface area (Å²) in [5, 5.41) is 23.2. The summed E-state index contributed by atoms with van der Waals surface area (Å²) >= 11 is 6.22. The van der Waals surface area contributed by atoms with Crippen molar-refractivity contribution >= 4 is 34.9 Å². The number of aromatic hydroxyl groups is 1. The van der Waals surface area contributed by atoms with Gasteiger partial charge in [-0.05, 0) is 37.6 Å². The van der Waals surface area contributed by atoms with E-state index >= 15 is 0 Å². The van der Waals surface area contributed by atoms with Crippen LogP contribution in [0.1, 0.15) is 30.1 Å². The fourth-order valence-corrected chi connectivity index (χ4v) is 3.01. The molecular weight excluding hydrogens is 386 g/mol. The molecule has 0 fully saturated rings. The quantitative estimate of drug-likeness (QED) is 0.651. The van der Waals surface area contributed by atoms with Crippen LogP contribution in [0.3, 0.4) is 0 Å². The van der Waals surface area contributed by atoms with E-state index in [2.05, 4.69) is 5.32 Å². The standard InChI is InChI=1S/C19H20ClN3O5/c1-2-22-9-14(19(26)27)16(11-22)21-18(25)8-7-17-15(20)10-23(28-17)12-3-5-13(24)6-4-12/h3-6,9-11,17,24H,2,7-8H2,1H3,(H,21,25)(H,26,27). The summed E-state index contributed by atoms with van der Waals surface area (Å²) in [6.45, 7) is 2.47. The molecular formula is C19H20ClN3O5. The van der Waals surface area contributed by atoms with Gasteiger partial charge in [0.15, 0.2) is 0 Å². The third-order valence-electron chi connectivity index (χ3n) is 4.28. The Morgan fingerprint density at radius 1 is 1.25 bits per heavy atom. The lowest BCUT2D eigenvalue weighted by Gasteiger charge is -2.18. The number of aryl methyl sites for hydroxylation is 1. The molecule has 148 valence electrons. The molecule has 1 unspecified atom stereocenters. The van der Waals surface area contributed by atoms with Crippen LogP contribution in [0.15, 0.2) is 47.9 Å². The maximum atomic E-state index is 12.3. The normalized spacial score (nSPS) is 16.1. The molecule has 0 saturated carbocycles. The number of aromatic nitrogens is 1. The largest absolute Gasteiger partial charge is 0.508 e. The number of hydroxylamine groups is 1. The van der Waals surface area contributed by atoms with Crippen LogP contribution in [0, 0.1) is 0 Å². The highest BCUT2D eigenvalue weighted by Crippen LogP contribution is 2.31. The SMILES string of the molecule is CCn1cc(NC(=O)CCC2ON(c3ccc(O)cc3)C=C2Cl)c(C(=O)O)c1. The van der Waals surface area contributed by atoms with Crippen LogP contribution in [-0.4, -0.2) is 32.8 Å². The van der Waals surface area contributed by atoms with E-state index in [1.54, 1.807) is 29.1 Å². The van der Waals surface area contributed by atoms with E-state index in [1.165, 1.54) is 23.4 Å². The fraction of sp³-hybridized carbons (Fsp3) is 0.263. The number of phenols is 1. The monoisotopic (exact) mass is 405 g/mol. The van der Waals surface area contributed by atoms with E-state index in [1.807, 2.05) is 6.92 Å². The van der Waals surface area contributed by atoms with Crippen molar-refractivity contribution in [3.8, 4) is 5.75 Å². The van der Waals surface area contributed by atoms with Gasteiger partial charge in [0.1, 0.15) is 17.4 Å². The molecule has 0 radical (unpaired) electrons. The molecule has 1 atom stereocenters.